The maximum Gasteiger partial charge on any atom is 0.120 e. The van der Waals surface area contributed by atoms with Crippen LogP contribution in [-0.4, -0.2) is 19.2 Å². The molecule has 2 aromatic carbocycles. The Bertz CT molecular complexity index is 568. The first-order chi connectivity index (χ1) is 9.60. The van der Waals surface area contributed by atoms with Gasteiger partial charge in [0.15, 0.2) is 0 Å². The molecule has 0 aliphatic carbocycles. The van der Waals surface area contributed by atoms with Gasteiger partial charge in [-0.05, 0) is 47.5 Å². The van der Waals surface area contributed by atoms with Crippen molar-refractivity contribution in [2.45, 2.75) is 26.9 Å². The highest BCUT2D eigenvalue weighted by atomic mass is 79.9. The number of nitrogens with one attached hydrogen (secondary N) is 1. The van der Waals surface area contributed by atoms with Crippen LogP contribution in [0.1, 0.15) is 20.8 Å². The first-order valence-corrected chi connectivity index (χ1v) is 7.96. The normalized spacial score (nSPS) is 12.8. The quantitative estimate of drug-likeness (QED) is 0.831. The molecule has 1 N–H and O–H groups in total. The van der Waals surface area contributed by atoms with E-state index in [0.29, 0.717) is 5.92 Å². The molecule has 1 unspecified atom stereocenters. The van der Waals surface area contributed by atoms with Gasteiger partial charge in [0.2, 0.25) is 0 Å². The van der Waals surface area contributed by atoms with Crippen LogP contribution in [0.25, 0.3) is 10.8 Å². The van der Waals surface area contributed by atoms with Gasteiger partial charge in [0, 0.05) is 11.0 Å². The van der Waals surface area contributed by atoms with Crippen LogP contribution in [0, 0.1) is 5.92 Å². The molecule has 0 radical (unpaired) electrons. The fourth-order valence-corrected chi connectivity index (χ4v) is 2.52. The largest absolute Gasteiger partial charge is 0.489 e. The minimum absolute atomic E-state index is 0.197. The summed E-state index contributed by atoms with van der Waals surface area (Å²) in [5.41, 5.74) is 0. The van der Waals surface area contributed by atoms with Crippen molar-refractivity contribution >= 4 is 26.7 Å². The summed E-state index contributed by atoms with van der Waals surface area (Å²) in [4.78, 5) is 0. The Balaban J connectivity index is 2.17. The summed E-state index contributed by atoms with van der Waals surface area (Å²) in [6, 6.07) is 12.6. The van der Waals surface area contributed by atoms with E-state index in [9.17, 15) is 0 Å². The Morgan fingerprint density at radius 1 is 1.10 bits per heavy atom. The average Bonchev–Trinajstić information content (AvgIpc) is 2.43. The highest BCUT2D eigenvalue weighted by Gasteiger charge is 2.14. The van der Waals surface area contributed by atoms with E-state index in [1.807, 2.05) is 0 Å². The summed E-state index contributed by atoms with van der Waals surface area (Å²) >= 11 is 3.50. The van der Waals surface area contributed by atoms with Gasteiger partial charge < -0.3 is 10.1 Å². The Labute approximate surface area is 129 Å². The summed E-state index contributed by atoms with van der Waals surface area (Å²) in [5, 5.41) is 5.79. The number of likely N-dealkylation sites (N-methyl/N-ethyl adjacent to an activating group) is 1. The number of halogens is 1. The fraction of sp³-hybridized carbons (Fsp3) is 0.412. The molecule has 0 amide bonds. The molecule has 2 rings (SSSR count). The number of hydrogen-bond donors (Lipinski definition) is 1. The van der Waals surface area contributed by atoms with Gasteiger partial charge in [0.05, 0.1) is 0 Å². The number of fused-ring (bicyclic) bond motifs is 1. The molecule has 2 nitrogen and oxygen atoms in total. The third kappa shape index (κ3) is 3.97. The Morgan fingerprint density at radius 2 is 1.80 bits per heavy atom. The Kier molecular flexibility index (Phi) is 5.44. The monoisotopic (exact) mass is 335 g/mol. The standard InChI is InChI=1S/C17H22BrNO/c1-4-19-11-17(12(2)3)20-16-8-6-13-9-15(18)7-5-14(13)10-16/h5-10,12,17,19H,4,11H2,1-3H3. The van der Waals surface area contributed by atoms with E-state index in [1.54, 1.807) is 0 Å². The van der Waals surface area contributed by atoms with E-state index in [2.05, 4.69) is 78.4 Å². The summed E-state index contributed by atoms with van der Waals surface area (Å²) in [6.07, 6.45) is 0.197. The van der Waals surface area contributed by atoms with E-state index in [4.69, 9.17) is 4.74 Å². The smallest absolute Gasteiger partial charge is 0.120 e. The second-order valence-corrected chi connectivity index (χ2v) is 6.28. The van der Waals surface area contributed by atoms with Gasteiger partial charge >= 0.3 is 0 Å². The van der Waals surface area contributed by atoms with Crippen molar-refractivity contribution in [3.8, 4) is 5.75 Å². The van der Waals surface area contributed by atoms with E-state index >= 15 is 0 Å². The van der Waals surface area contributed by atoms with Crippen molar-refractivity contribution in [2.75, 3.05) is 13.1 Å². The van der Waals surface area contributed by atoms with Crippen LogP contribution in [0.3, 0.4) is 0 Å². The molecule has 20 heavy (non-hydrogen) atoms. The van der Waals surface area contributed by atoms with Gasteiger partial charge in [-0.1, -0.05) is 48.8 Å². The van der Waals surface area contributed by atoms with Crippen LogP contribution >= 0.6 is 15.9 Å². The van der Waals surface area contributed by atoms with Crippen LogP contribution in [0.2, 0.25) is 0 Å². The Morgan fingerprint density at radius 3 is 2.50 bits per heavy atom. The van der Waals surface area contributed by atoms with Gasteiger partial charge in [-0.2, -0.15) is 0 Å². The highest BCUT2D eigenvalue weighted by Crippen LogP contribution is 2.25. The van der Waals surface area contributed by atoms with Crippen molar-refractivity contribution in [3.05, 3.63) is 40.9 Å². The SMILES string of the molecule is CCNCC(Oc1ccc2cc(Br)ccc2c1)C(C)C. The third-order valence-electron chi connectivity index (χ3n) is 3.40. The lowest BCUT2D eigenvalue weighted by Crippen LogP contribution is -2.35. The molecular formula is C17H22BrNO. The molecule has 1 atom stereocenters. The predicted molar refractivity (Wildman–Crippen MR) is 89.4 cm³/mol. The summed E-state index contributed by atoms with van der Waals surface area (Å²) < 4.78 is 7.24. The number of rotatable bonds is 6. The zero-order valence-corrected chi connectivity index (χ0v) is 13.9. The number of ether oxygens (including phenoxy) is 1. The van der Waals surface area contributed by atoms with Gasteiger partial charge in [-0.3, -0.25) is 0 Å². The molecule has 0 aliphatic rings. The topological polar surface area (TPSA) is 21.3 Å². The van der Waals surface area contributed by atoms with E-state index in [0.717, 1.165) is 23.3 Å². The number of hydrogen-bond acceptors (Lipinski definition) is 2. The van der Waals surface area contributed by atoms with Crippen LogP contribution in [-0.2, 0) is 0 Å². The number of benzene rings is 2. The second kappa shape index (κ2) is 7.09. The van der Waals surface area contributed by atoms with Crippen LogP contribution in [0.15, 0.2) is 40.9 Å². The lowest BCUT2D eigenvalue weighted by atomic mass is 10.1. The minimum atomic E-state index is 0.197. The molecule has 0 bridgehead atoms. The third-order valence-corrected chi connectivity index (χ3v) is 3.89. The van der Waals surface area contributed by atoms with Crippen molar-refractivity contribution in [3.63, 3.8) is 0 Å². The predicted octanol–water partition coefficient (Wildman–Crippen LogP) is 4.62. The first-order valence-electron chi connectivity index (χ1n) is 7.17. The van der Waals surface area contributed by atoms with Crippen molar-refractivity contribution in [2.24, 2.45) is 5.92 Å². The Hall–Kier alpha value is -1.06. The maximum absolute atomic E-state index is 6.14. The first kappa shape index (κ1) is 15.3. The molecule has 3 heteroatoms. The molecule has 108 valence electrons. The maximum atomic E-state index is 6.14. The molecule has 0 fully saturated rings. The molecule has 0 saturated heterocycles. The van der Waals surface area contributed by atoms with Crippen molar-refractivity contribution in [1.29, 1.82) is 0 Å². The van der Waals surface area contributed by atoms with Gasteiger partial charge in [-0.25, -0.2) is 0 Å². The lowest BCUT2D eigenvalue weighted by Gasteiger charge is -2.23. The molecule has 0 saturated carbocycles. The van der Waals surface area contributed by atoms with Crippen LogP contribution in [0.5, 0.6) is 5.75 Å². The lowest BCUT2D eigenvalue weighted by molar-refractivity contribution is 0.150. The van der Waals surface area contributed by atoms with Crippen LogP contribution in [0.4, 0.5) is 0 Å². The van der Waals surface area contributed by atoms with Gasteiger partial charge in [0.25, 0.3) is 0 Å². The second-order valence-electron chi connectivity index (χ2n) is 5.36. The van der Waals surface area contributed by atoms with E-state index in [1.165, 1.54) is 10.8 Å². The van der Waals surface area contributed by atoms with E-state index < -0.39 is 0 Å². The molecular weight excluding hydrogens is 314 g/mol. The van der Waals surface area contributed by atoms with Crippen molar-refractivity contribution < 1.29 is 4.74 Å². The average molecular weight is 336 g/mol. The fourth-order valence-electron chi connectivity index (χ4n) is 2.14. The molecule has 2 aromatic rings. The van der Waals surface area contributed by atoms with Crippen LogP contribution < -0.4 is 10.1 Å². The zero-order valence-electron chi connectivity index (χ0n) is 12.3. The minimum Gasteiger partial charge on any atom is -0.489 e. The summed E-state index contributed by atoms with van der Waals surface area (Å²) in [5.74, 6) is 1.42. The molecule has 0 aromatic heterocycles. The molecule has 0 aliphatic heterocycles. The summed E-state index contributed by atoms with van der Waals surface area (Å²) in [6.45, 7) is 8.36. The van der Waals surface area contributed by atoms with Gasteiger partial charge in [-0.15, -0.1) is 0 Å². The molecule has 0 heterocycles. The zero-order chi connectivity index (χ0) is 14.5. The summed E-state index contributed by atoms with van der Waals surface area (Å²) in [7, 11) is 0. The van der Waals surface area contributed by atoms with Crippen molar-refractivity contribution in [1.82, 2.24) is 5.32 Å². The van der Waals surface area contributed by atoms with Gasteiger partial charge in [0.1, 0.15) is 11.9 Å². The molecule has 0 spiro atoms. The highest BCUT2D eigenvalue weighted by molar-refractivity contribution is 9.10. The van der Waals surface area contributed by atoms with E-state index in [-0.39, 0.29) is 6.10 Å².